The van der Waals surface area contributed by atoms with E-state index in [2.05, 4.69) is 24.5 Å². The second kappa shape index (κ2) is 8.97. The maximum Gasteiger partial charge on any atom is 0.00772 e. The van der Waals surface area contributed by atoms with Gasteiger partial charge >= 0.3 is 0 Å². The number of hydrogen-bond donors (Lipinski definition) is 3. The van der Waals surface area contributed by atoms with Crippen LogP contribution in [0.25, 0.3) is 0 Å². The van der Waals surface area contributed by atoms with Gasteiger partial charge < -0.3 is 16.4 Å². The first-order valence-corrected chi connectivity index (χ1v) is 4.92. The van der Waals surface area contributed by atoms with Crippen molar-refractivity contribution in [3.05, 3.63) is 0 Å². The summed E-state index contributed by atoms with van der Waals surface area (Å²) in [5.41, 5.74) is 5.33. The van der Waals surface area contributed by atoms with E-state index in [1.165, 1.54) is 6.42 Å². The van der Waals surface area contributed by atoms with Crippen LogP contribution < -0.4 is 16.4 Å². The van der Waals surface area contributed by atoms with Gasteiger partial charge in [-0.25, -0.2) is 0 Å². The van der Waals surface area contributed by atoms with Crippen LogP contribution in [0.3, 0.4) is 0 Å². The Balaban J connectivity index is 2.90. The van der Waals surface area contributed by atoms with Crippen LogP contribution >= 0.6 is 0 Å². The second-order valence-corrected chi connectivity index (χ2v) is 3.26. The van der Waals surface area contributed by atoms with Crippen LogP contribution in [0.2, 0.25) is 0 Å². The molecule has 3 nitrogen and oxygen atoms in total. The fourth-order valence-electron chi connectivity index (χ4n) is 0.897. The van der Waals surface area contributed by atoms with Crippen LogP contribution in [0, 0.1) is 5.92 Å². The standard InChI is InChI=1S/C9H23N3/c1-3-9(2)8-12-7-6-11-5-4-10/h9,11-12H,3-8,10H2,1-2H3. The highest BCUT2D eigenvalue weighted by Gasteiger charge is 1.95. The largest absolute Gasteiger partial charge is 0.329 e. The maximum atomic E-state index is 5.33. The molecule has 4 N–H and O–H groups in total. The van der Waals surface area contributed by atoms with Crippen LogP contribution in [-0.4, -0.2) is 32.7 Å². The summed E-state index contributed by atoms with van der Waals surface area (Å²) in [6.07, 6.45) is 1.25. The Labute approximate surface area is 76.1 Å². The average molecular weight is 173 g/mol. The molecule has 74 valence electrons. The zero-order valence-electron chi connectivity index (χ0n) is 8.40. The average Bonchev–Trinajstić information content (AvgIpc) is 2.10. The van der Waals surface area contributed by atoms with Crippen molar-refractivity contribution in [2.45, 2.75) is 20.3 Å². The topological polar surface area (TPSA) is 50.1 Å². The molecule has 0 aromatic heterocycles. The van der Waals surface area contributed by atoms with Crippen molar-refractivity contribution in [2.24, 2.45) is 11.7 Å². The van der Waals surface area contributed by atoms with Gasteiger partial charge in [0.05, 0.1) is 0 Å². The molecule has 1 atom stereocenters. The lowest BCUT2D eigenvalue weighted by atomic mass is 10.1. The Hall–Kier alpha value is -0.120. The van der Waals surface area contributed by atoms with Crippen molar-refractivity contribution in [3.63, 3.8) is 0 Å². The first kappa shape index (κ1) is 11.9. The third-order valence-corrected chi connectivity index (χ3v) is 1.99. The van der Waals surface area contributed by atoms with Crippen molar-refractivity contribution in [1.29, 1.82) is 0 Å². The maximum absolute atomic E-state index is 5.33. The molecule has 0 saturated carbocycles. The molecule has 0 aromatic carbocycles. The number of hydrogen-bond acceptors (Lipinski definition) is 3. The molecule has 0 saturated heterocycles. The predicted molar refractivity (Wildman–Crippen MR) is 54.2 cm³/mol. The highest BCUT2D eigenvalue weighted by Crippen LogP contribution is 1.96. The molecule has 0 fully saturated rings. The fourth-order valence-corrected chi connectivity index (χ4v) is 0.897. The monoisotopic (exact) mass is 173 g/mol. The van der Waals surface area contributed by atoms with Crippen LogP contribution in [0.4, 0.5) is 0 Å². The van der Waals surface area contributed by atoms with Crippen molar-refractivity contribution < 1.29 is 0 Å². The highest BCUT2D eigenvalue weighted by molar-refractivity contribution is 4.56. The Morgan fingerprint density at radius 2 is 1.83 bits per heavy atom. The van der Waals surface area contributed by atoms with Crippen molar-refractivity contribution in [2.75, 3.05) is 32.7 Å². The van der Waals surface area contributed by atoms with Gasteiger partial charge in [0.15, 0.2) is 0 Å². The van der Waals surface area contributed by atoms with Crippen LogP contribution in [-0.2, 0) is 0 Å². The van der Waals surface area contributed by atoms with E-state index in [0.29, 0.717) is 0 Å². The van der Waals surface area contributed by atoms with Gasteiger partial charge in [0.1, 0.15) is 0 Å². The van der Waals surface area contributed by atoms with Gasteiger partial charge in [-0.3, -0.25) is 0 Å². The minimum atomic E-state index is 0.728. The van der Waals surface area contributed by atoms with E-state index in [9.17, 15) is 0 Å². The minimum absolute atomic E-state index is 0.728. The highest BCUT2D eigenvalue weighted by atomic mass is 14.9. The van der Waals surface area contributed by atoms with Crippen LogP contribution in [0.5, 0.6) is 0 Å². The molecule has 0 radical (unpaired) electrons. The number of nitrogens with one attached hydrogen (secondary N) is 2. The molecule has 0 heterocycles. The Kier molecular flexibility index (Phi) is 8.88. The van der Waals surface area contributed by atoms with E-state index in [0.717, 1.165) is 38.6 Å². The van der Waals surface area contributed by atoms with Gasteiger partial charge in [-0.05, 0) is 12.5 Å². The van der Waals surface area contributed by atoms with Crippen LogP contribution in [0.15, 0.2) is 0 Å². The van der Waals surface area contributed by atoms with Gasteiger partial charge in [-0.15, -0.1) is 0 Å². The zero-order chi connectivity index (χ0) is 9.23. The molecule has 0 aliphatic heterocycles. The third-order valence-electron chi connectivity index (χ3n) is 1.99. The lowest BCUT2D eigenvalue weighted by Gasteiger charge is -2.09. The lowest BCUT2D eigenvalue weighted by molar-refractivity contribution is 0.494. The SMILES string of the molecule is CCC(C)CNCCNCCN. The summed E-state index contributed by atoms with van der Waals surface area (Å²) in [5.74, 6) is 0.791. The molecule has 0 rings (SSSR count). The Bertz CT molecular complexity index is 85.8. The van der Waals surface area contributed by atoms with Crippen molar-refractivity contribution >= 4 is 0 Å². The molecule has 3 heteroatoms. The Morgan fingerprint density at radius 1 is 1.17 bits per heavy atom. The molecule has 1 unspecified atom stereocenters. The fraction of sp³-hybridized carbons (Fsp3) is 1.00. The minimum Gasteiger partial charge on any atom is -0.329 e. The normalized spacial score (nSPS) is 13.2. The zero-order valence-corrected chi connectivity index (χ0v) is 8.40. The summed E-state index contributed by atoms with van der Waals surface area (Å²) in [6, 6.07) is 0. The molecular formula is C9H23N3. The van der Waals surface area contributed by atoms with Gasteiger partial charge in [-0.2, -0.15) is 0 Å². The summed E-state index contributed by atoms with van der Waals surface area (Å²) in [4.78, 5) is 0. The first-order valence-electron chi connectivity index (χ1n) is 4.92. The molecule has 0 amide bonds. The van der Waals surface area contributed by atoms with E-state index in [1.54, 1.807) is 0 Å². The molecule has 0 bridgehead atoms. The Morgan fingerprint density at radius 3 is 2.42 bits per heavy atom. The van der Waals surface area contributed by atoms with E-state index in [-0.39, 0.29) is 0 Å². The quantitative estimate of drug-likeness (QED) is 0.459. The lowest BCUT2D eigenvalue weighted by Crippen LogP contribution is -2.32. The summed E-state index contributed by atoms with van der Waals surface area (Å²) in [6.45, 7) is 9.33. The van der Waals surface area contributed by atoms with Crippen molar-refractivity contribution in [1.82, 2.24) is 10.6 Å². The summed E-state index contributed by atoms with van der Waals surface area (Å²) >= 11 is 0. The molecular weight excluding hydrogens is 150 g/mol. The van der Waals surface area contributed by atoms with Gasteiger partial charge in [0.2, 0.25) is 0 Å². The molecule has 0 aromatic rings. The van der Waals surface area contributed by atoms with Gasteiger partial charge in [0, 0.05) is 26.2 Å². The van der Waals surface area contributed by atoms with E-state index in [4.69, 9.17) is 5.73 Å². The van der Waals surface area contributed by atoms with E-state index in [1.807, 2.05) is 0 Å². The molecule has 0 spiro atoms. The predicted octanol–water partition coefficient (Wildman–Crippen LogP) is 0.170. The second-order valence-electron chi connectivity index (χ2n) is 3.26. The van der Waals surface area contributed by atoms with E-state index < -0.39 is 0 Å². The molecule has 0 aliphatic rings. The summed E-state index contributed by atoms with van der Waals surface area (Å²) < 4.78 is 0. The summed E-state index contributed by atoms with van der Waals surface area (Å²) in [7, 11) is 0. The van der Waals surface area contributed by atoms with Gasteiger partial charge in [-0.1, -0.05) is 20.3 Å². The molecule has 0 aliphatic carbocycles. The molecule has 12 heavy (non-hydrogen) atoms. The number of rotatable bonds is 8. The van der Waals surface area contributed by atoms with Gasteiger partial charge in [0.25, 0.3) is 0 Å². The number of nitrogens with two attached hydrogens (primary N) is 1. The van der Waals surface area contributed by atoms with Crippen molar-refractivity contribution in [3.8, 4) is 0 Å². The van der Waals surface area contributed by atoms with E-state index >= 15 is 0 Å². The summed E-state index contributed by atoms with van der Waals surface area (Å²) in [5, 5.41) is 6.63. The first-order chi connectivity index (χ1) is 5.81. The van der Waals surface area contributed by atoms with Crippen LogP contribution in [0.1, 0.15) is 20.3 Å². The third kappa shape index (κ3) is 7.98. The smallest absolute Gasteiger partial charge is 0.00772 e.